The number of benzene rings is 1. The van der Waals surface area contributed by atoms with E-state index in [-0.39, 0.29) is 16.6 Å². The van der Waals surface area contributed by atoms with Crippen molar-refractivity contribution in [2.75, 3.05) is 26.2 Å². The van der Waals surface area contributed by atoms with Crippen LogP contribution in [0.1, 0.15) is 33.3 Å². The van der Waals surface area contributed by atoms with E-state index in [0.717, 1.165) is 0 Å². The van der Waals surface area contributed by atoms with E-state index in [1.54, 1.807) is 55.7 Å². The topological polar surface area (TPSA) is 108 Å². The van der Waals surface area contributed by atoms with E-state index in [2.05, 4.69) is 9.71 Å². The number of nitrogens with zero attached hydrogens (tertiary/aromatic N) is 3. The van der Waals surface area contributed by atoms with Crippen LogP contribution in [0.25, 0.3) is 0 Å². The van der Waals surface area contributed by atoms with Gasteiger partial charge in [0.05, 0.1) is 4.90 Å². The Morgan fingerprint density at radius 1 is 1.10 bits per heavy atom. The van der Waals surface area contributed by atoms with Gasteiger partial charge in [-0.1, -0.05) is 12.1 Å². The quantitative estimate of drug-likeness (QED) is 0.770. The lowest BCUT2D eigenvalue weighted by Gasteiger charge is -2.36. The van der Waals surface area contributed by atoms with E-state index in [9.17, 15) is 18.0 Å². The van der Waals surface area contributed by atoms with Crippen LogP contribution >= 0.6 is 0 Å². The number of carbonyl (C=O) groups is 2. The summed E-state index contributed by atoms with van der Waals surface area (Å²) in [4.78, 5) is 32.6. The number of nitrogens with one attached hydrogen (secondary N) is 1. The number of amides is 2. The van der Waals surface area contributed by atoms with E-state index < -0.39 is 27.8 Å². The SMILES string of the molecule is C[C@H](N=C1NS(=O)(=O)c2ccccc21)C(=O)N1CCN(C(=O)OC(C)(C)C)CC1. The van der Waals surface area contributed by atoms with E-state index in [1.165, 1.54) is 6.07 Å². The standard InChI is InChI=1S/C19H26N4O5S/c1-13(20-16-14-7-5-6-8-15(14)29(26,27)21-16)17(24)22-9-11-23(12-10-22)18(25)28-19(2,3)4/h5-8,13H,9-12H2,1-4H3,(H,20,21)/t13-/m0/s1. The number of ether oxygens (including phenoxy) is 1. The first-order valence-corrected chi connectivity index (χ1v) is 10.9. The van der Waals surface area contributed by atoms with E-state index in [1.807, 2.05) is 0 Å². The average Bonchev–Trinajstić information content (AvgIpc) is 2.90. The lowest BCUT2D eigenvalue weighted by molar-refractivity contribution is -0.133. The number of carbonyl (C=O) groups excluding carboxylic acids is 2. The fourth-order valence-corrected chi connectivity index (χ4v) is 4.42. The number of piperazine rings is 1. The molecule has 0 unspecified atom stereocenters. The molecule has 1 fully saturated rings. The highest BCUT2D eigenvalue weighted by Gasteiger charge is 2.33. The van der Waals surface area contributed by atoms with Gasteiger partial charge < -0.3 is 14.5 Å². The molecular formula is C19H26N4O5S. The van der Waals surface area contributed by atoms with Crippen LogP contribution in [-0.2, 0) is 19.6 Å². The minimum absolute atomic E-state index is 0.157. The summed E-state index contributed by atoms with van der Waals surface area (Å²) in [6, 6.07) is 5.76. The Morgan fingerprint density at radius 2 is 1.69 bits per heavy atom. The van der Waals surface area contributed by atoms with Crippen molar-refractivity contribution in [2.24, 2.45) is 4.99 Å². The zero-order valence-corrected chi connectivity index (χ0v) is 17.8. The van der Waals surface area contributed by atoms with Crippen molar-refractivity contribution in [3.05, 3.63) is 29.8 Å². The maximum atomic E-state index is 12.8. The molecule has 1 aromatic carbocycles. The van der Waals surface area contributed by atoms with Crippen LogP contribution in [0.2, 0.25) is 0 Å². The van der Waals surface area contributed by atoms with Gasteiger partial charge in [-0.2, -0.15) is 0 Å². The molecule has 10 heteroatoms. The Balaban J connectivity index is 1.64. The Hall–Kier alpha value is -2.62. The van der Waals surface area contributed by atoms with Gasteiger partial charge in [-0.15, -0.1) is 0 Å². The number of amidine groups is 1. The first kappa shape index (κ1) is 21.1. The van der Waals surface area contributed by atoms with Crippen molar-refractivity contribution in [2.45, 2.75) is 44.2 Å². The van der Waals surface area contributed by atoms with Gasteiger partial charge in [0, 0.05) is 31.7 Å². The van der Waals surface area contributed by atoms with Crippen LogP contribution in [0.15, 0.2) is 34.2 Å². The molecule has 0 radical (unpaired) electrons. The van der Waals surface area contributed by atoms with Crippen LogP contribution < -0.4 is 4.72 Å². The molecule has 9 nitrogen and oxygen atoms in total. The third-order valence-electron chi connectivity index (χ3n) is 4.59. The summed E-state index contributed by atoms with van der Waals surface area (Å²) in [5.41, 5.74) is -0.110. The third-order valence-corrected chi connectivity index (χ3v) is 5.98. The largest absolute Gasteiger partial charge is 0.444 e. The molecular weight excluding hydrogens is 396 g/mol. The second kappa shape index (κ2) is 7.66. The third kappa shape index (κ3) is 4.69. The molecule has 2 aliphatic rings. The minimum atomic E-state index is -3.65. The highest BCUT2D eigenvalue weighted by atomic mass is 32.2. The first-order chi connectivity index (χ1) is 13.5. The van der Waals surface area contributed by atoms with E-state index >= 15 is 0 Å². The lowest BCUT2D eigenvalue weighted by Crippen LogP contribution is -2.53. The van der Waals surface area contributed by atoms with Gasteiger partial charge in [-0.05, 0) is 39.8 Å². The zero-order valence-electron chi connectivity index (χ0n) is 17.0. The van der Waals surface area contributed by atoms with Gasteiger partial charge in [-0.3, -0.25) is 14.5 Å². The molecule has 158 valence electrons. The van der Waals surface area contributed by atoms with Gasteiger partial charge in [-0.25, -0.2) is 13.2 Å². The van der Waals surface area contributed by atoms with Crippen LogP contribution in [-0.4, -0.2) is 73.9 Å². The number of hydrogen-bond acceptors (Lipinski definition) is 6. The van der Waals surface area contributed by atoms with Crippen LogP contribution in [0.3, 0.4) is 0 Å². The number of fused-ring (bicyclic) bond motifs is 1. The van der Waals surface area contributed by atoms with Gasteiger partial charge in [0.15, 0.2) is 0 Å². The summed E-state index contributed by atoms with van der Waals surface area (Å²) >= 11 is 0. The molecule has 3 rings (SSSR count). The summed E-state index contributed by atoms with van der Waals surface area (Å²) in [5.74, 6) is -0.0428. The number of aliphatic imine (C=N–C) groups is 1. The van der Waals surface area contributed by atoms with Crippen molar-refractivity contribution in [1.82, 2.24) is 14.5 Å². The van der Waals surface area contributed by atoms with E-state index in [0.29, 0.717) is 31.7 Å². The second-order valence-electron chi connectivity index (χ2n) is 8.05. The molecule has 2 aliphatic heterocycles. The fraction of sp³-hybridized carbons (Fsp3) is 0.526. The van der Waals surface area contributed by atoms with Gasteiger partial charge in [0.25, 0.3) is 10.0 Å². The molecule has 0 aromatic heterocycles. The van der Waals surface area contributed by atoms with Crippen molar-refractivity contribution >= 4 is 27.9 Å². The Labute approximate surface area is 170 Å². The van der Waals surface area contributed by atoms with E-state index in [4.69, 9.17) is 4.74 Å². The van der Waals surface area contributed by atoms with Crippen molar-refractivity contribution in [3.8, 4) is 0 Å². The number of rotatable bonds is 2. The van der Waals surface area contributed by atoms with Gasteiger partial charge in [0.1, 0.15) is 17.5 Å². The molecule has 0 spiro atoms. The highest BCUT2D eigenvalue weighted by molar-refractivity contribution is 7.90. The average molecular weight is 423 g/mol. The van der Waals surface area contributed by atoms with Crippen LogP contribution in [0, 0.1) is 0 Å². The van der Waals surface area contributed by atoms with Crippen LogP contribution in [0.5, 0.6) is 0 Å². The maximum Gasteiger partial charge on any atom is 0.410 e. The lowest BCUT2D eigenvalue weighted by atomic mass is 10.2. The summed E-state index contributed by atoms with van der Waals surface area (Å²) < 4.78 is 32.1. The van der Waals surface area contributed by atoms with Crippen molar-refractivity contribution in [3.63, 3.8) is 0 Å². The molecule has 0 aliphatic carbocycles. The molecule has 29 heavy (non-hydrogen) atoms. The normalized spacial score (nSPS) is 20.8. The molecule has 1 atom stereocenters. The second-order valence-corrected chi connectivity index (χ2v) is 9.70. The molecule has 1 N–H and O–H groups in total. The maximum absolute atomic E-state index is 12.8. The number of hydrogen-bond donors (Lipinski definition) is 1. The Morgan fingerprint density at radius 3 is 2.31 bits per heavy atom. The molecule has 2 amide bonds. The van der Waals surface area contributed by atoms with Crippen molar-refractivity contribution < 1.29 is 22.7 Å². The van der Waals surface area contributed by atoms with Crippen molar-refractivity contribution in [1.29, 1.82) is 0 Å². The monoisotopic (exact) mass is 422 g/mol. The van der Waals surface area contributed by atoms with Gasteiger partial charge in [0.2, 0.25) is 5.91 Å². The zero-order chi connectivity index (χ0) is 21.4. The molecule has 1 saturated heterocycles. The summed E-state index contributed by atoms with van der Waals surface area (Å²) in [7, 11) is -3.65. The smallest absolute Gasteiger partial charge is 0.410 e. The Bertz CT molecular complexity index is 944. The Kier molecular flexibility index (Phi) is 5.57. The number of sulfonamides is 1. The predicted molar refractivity (Wildman–Crippen MR) is 107 cm³/mol. The minimum Gasteiger partial charge on any atom is -0.444 e. The summed E-state index contributed by atoms with van der Waals surface area (Å²) in [6.07, 6.45) is -0.394. The molecule has 0 bridgehead atoms. The summed E-state index contributed by atoms with van der Waals surface area (Å²) in [6.45, 7) is 8.54. The fourth-order valence-electron chi connectivity index (χ4n) is 3.18. The highest BCUT2D eigenvalue weighted by Crippen LogP contribution is 2.23. The first-order valence-electron chi connectivity index (χ1n) is 9.45. The molecule has 1 aromatic rings. The van der Waals surface area contributed by atoms with Gasteiger partial charge >= 0.3 is 6.09 Å². The predicted octanol–water partition coefficient (Wildman–Crippen LogP) is 1.19. The van der Waals surface area contributed by atoms with Crippen LogP contribution in [0.4, 0.5) is 4.79 Å². The summed E-state index contributed by atoms with van der Waals surface area (Å²) in [5, 5.41) is 0. The molecule has 2 heterocycles. The molecule has 0 saturated carbocycles.